The van der Waals surface area contributed by atoms with E-state index in [0.717, 1.165) is 29.0 Å². The Balaban J connectivity index is 2.23. The maximum atomic E-state index is 14.0. The van der Waals surface area contributed by atoms with Crippen LogP contribution in [0.15, 0.2) is 34.9 Å². The molecule has 1 aromatic heterocycles. The summed E-state index contributed by atoms with van der Waals surface area (Å²) in [7, 11) is 0. The van der Waals surface area contributed by atoms with E-state index in [4.69, 9.17) is 0 Å². The first-order chi connectivity index (χ1) is 10.1. The monoisotopic (exact) mass is 351 g/mol. The molecule has 0 radical (unpaired) electrons. The molecule has 0 spiro atoms. The fourth-order valence-corrected chi connectivity index (χ4v) is 2.51. The smallest absolute Gasteiger partial charge is 0.127 e. The Bertz CT molecular complexity index is 604. The van der Waals surface area contributed by atoms with Gasteiger partial charge in [-0.3, -0.25) is 0 Å². The number of hydrogen-bond donors (Lipinski definition) is 1. The minimum atomic E-state index is -0.196. The first-order valence-corrected chi connectivity index (χ1v) is 7.86. The molecule has 112 valence electrons. The van der Waals surface area contributed by atoms with Gasteiger partial charge in [-0.2, -0.15) is 0 Å². The lowest BCUT2D eigenvalue weighted by molar-refractivity contribution is 0.501. The lowest BCUT2D eigenvalue weighted by Gasteiger charge is -2.19. The summed E-state index contributed by atoms with van der Waals surface area (Å²) in [5.74, 6) is 0.533. The molecule has 0 aliphatic rings. The number of nitrogens with one attached hydrogen (secondary N) is 1. The van der Waals surface area contributed by atoms with E-state index in [1.165, 1.54) is 6.07 Å². The second kappa shape index (κ2) is 7.61. The third-order valence-electron chi connectivity index (χ3n) is 3.23. The molecule has 1 aromatic carbocycles. The van der Waals surface area contributed by atoms with E-state index in [0.29, 0.717) is 12.0 Å². The average Bonchev–Trinajstić information content (AvgIpc) is 2.45. The molecule has 0 fully saturated rings. The van der Waals surface area contributed by atoms with Crippen LogP contribution in [0.4, 0.5) is 4.39 Å². The molecule has 0 saturated heterocycles. The summed E-state index contributed by atoms with van der Waals surface area (Å²) in [4.78, 5) is 8.58. The average molecular weight is 352 g/mol. The maximum Gasteiger partial charge on any atom is 0.127 e. The van der Waals surface area contributed by atoms with Gasteiger partial charge in [0, 0.05) is 10.7 Å². The fourth-order valence-electron chi connectivity index (χ4n) is 2.18. The third kappa shape index (κ3) is 4.58. The number of benzene rings is 1. The van der Waals surface area contributed by atoms with Crippen LogP contribution in [0.3, 0.4) is 0 Å². The Morgan fingerprint density at radius 1 is 1.33 bits per heavy atom. The van der Waals surface area contributed by atoms with E-state index in [1.807, 2.05) is 25.1 Å². The Hall–Kier alpha value is -1.33. The van der Waals surface area contributed by atoms with Crippen LogP contribution in [0.25, 0.3) is 0 Å². The number of aromatic nitrogens is 2. The number of aryl methyl sites for hydroxylation is 1. The van der Waals surface area contributed by atoms with Gasteiger partial charge < -0.3 is 5.32 Å². The van der Waals surface area contributed by atoms with Crippen molar-refractivity contribution in [3.8, 4) is 0 Å². The van der Waals surface area contributed by atoms with Gasteiger partial charge >= 0.3 is 0 Å². The summed E-state index contributed by atoms with van der Waals surface area (Å²) in [6.45, 7) is 4.84. The summed E-state index contributed by atoms with van der Waals surface area (Å²) >= 11 is 3.28. The third-order valence-corrected chi connectivity index (χ3v) is 3.73. The van der Waals surface area contributed by atoms with Crippen LogP contribution in [0.5, 0.6) is 0 Å². The van der Waals surface area contributed by atoms with E-state index in [1.54, 1.807) is 6.20 Å². The Morgan fingerprint density at radius 3 is 2.81 bits per heavy atom. The van der Waals surface area contributed by atoms with Crippen molar-refractivity contribution in [2.75, 3.05) is 6.54 Å². The summed E-state index contributed by atoms with van der Waals surface area (Å²) in [5, 5.41) is 3.43. The summed E-state index contributed by atoms with van der Waals surface area (Å²) in [5.41, 5.74) is 1.58. The topological polar surface area (TPSA) is 37.8 Å². The molecule has 2 rings (SSSR count). The normalized spacial score (nSPS) is 12.4. The molecule has 0 bridgehead atoms. The predicted octanol–water partition coefficient (Wildman–Crippen LogP) is 3.97. The Labute approximate surface area is 133 Å². The second-order valence-electron chi connectivity index (χ2n) is 4.98. The SMILES string of the molecule is CCCNC(Cc1ccc(Br)cc1F)c1ccnc(C)n1. The quantitative estimate of drug-likeness (QED) is 0.855. The van der Waals surface area contributed by atoms with Gasteiger partial charge in [-0.15, -0.1) is 0 Å². The van der Waals surface area contributed by atoms with Gasteiger partial charge in [0.05, 0.1) is 11.7 Å². The zero-order valence-corrected chi connectivity index (χ0v) is 13.8. The molecule has 0 aliphatic carbocycles. The van der Waals surface area contributed by atoms with Gasteiger partial charge in [-0.25, -0.2) is 14.4 Å². The van der Waals surface area contributed by atoms with Crippen molar-refractivity contribution in [3.63, 3.8) is 0 Å². The molecule has 0 amide bonds. The van der Waals surface area contributed by atoms with Crippen molar-refractivity contribution in [2.45, 2.75) is 32.7 Å². The molecule has 2 aromatic rings. The van der Waals surface area contributed by atoms with Crippen molar-refractivity contribution in [1.82, 2.24) is 15.3 Å². The van der Waals surface area contributed by atoms with Gasteiger partial charge in [-0.1, -0.05) is 28.9 Å². The number of nitrogens with zero attached hydrogens (tertiary/aromatic N) is 2. The molecule has 1 heterocycles. The van der Waals surface area contributed by atoms with Gasteiger partial charge in [-0.05, 0) is 50.1 Å². The van der Waals surface area contributed by atoms with Crippen molar-refractivity contribution in [3.05, 3.63) is 57.8 Å². The van der Waals surface area contributed by atoms with E-state index in [-0.39, 0.29) is 11.9 Å². The molecule has 21 heavy (non-hydrogen) atoms. The maximum absolute atomic E-state index is 14.0. The minimum Gasteiger partial charge on any atom is -0.308 e. The van der Waals surface area contributed by atoms with Gasteiger partial charge in [0.25, 0.3) is 0 Å². The highest BCUT2D eigenvalue weighted by Gasteiger charge is 2.15. The highest BCUT2D eigenvalue weighted by molar-refractivity contribution is 9.10. The second-order valence-corrected chi connectivity index (χ2v) is 5.89. The minimum absolute atomic E-state index is 0.0117. The predicted molar refractivity (Wildman–Crippen MR) is 85.6 cm³/mol. The number of rotatable bonds is 6. The van der Waals surface area contributed by atoms with Crippen LogP contribution >= 0.6 is 15.9 Å². The Morgan fingerprint density at radius 2 is 2.14 bits per heavy atom. The lowest BCUT2D eigenvalue weighted by atomic mass is 10.0. The van der Waals surface area contributed by atoms with E-state index in [2.05, 4.69) is 38.1 Å². The van der Waals surface area contributed by atoms with E-state index >= 15 is 0 Å². The van der Waals surface area contributed by atoms with Crippen molar-refractivity contribution in [2.24, 2.45) is 0 Å². The highest BCUT2D eigenvalue weighted by Crippen LogP contribution is 2.21. The molecule has 1 atom stereocenters. The molecular weight excluding hydrogens is 333 g/mol. The highest BCUT2D eigenvalue weighted by atomic mass is 79.9. The van der Waals surface area contributed by atoms with Gasteiger partial charge in [0.2, 0.25) is 0 Å². The van der Waals surface area contributed by atoms with Crippen molar-refractivity contribution < 1.29 is 4.39 Å². The van der Waals surface area contributed by atoms with Gasteiger partial charge in [0.15, 0.2) is 0 Å². The lowest BCUT2D eigenvalue weighted by Crippen LogP contribution is -2.25. The van der Waals surface area contributed by atoms with Crippen LogP contribution in [0, 0.1) is 12.7 Å². The molecular formula is C16H19BrFN3. The first kappa shape index (κ1) is 16.0. The number of hydrogen-bond acceptors (Lipinski definition) is 3. The van der Waals surface area contributed by atoms with Crippen molar-refractivity contribution in [1.29, 1.82) is 0 Å². The molecule has 3 nitrogen and oxygen atoms in total. The largest absolute Gasteiger partial charge is 0.308 e. The zero-order chi connectivity index (χ0) is 15.2. The van der Waals surface area contributed by atoms with Crippen LogP contribution in [-0.4, -0.2) is 16.5 Å². The zero-order valence-electron chi connectivity index (χ0n) is 12.2. The molecule has 5 heteroatoms. The summed E-state index contributed by atoms with van der Waals surface area (Å²) in [6, 6.07) is 7.05. The van der Waals surface area contributed by atoms with Crippen LogP contribution in [-0.2, 0) is 6.42 Å². The summed E-state index contributed by atoms with van der Waals surface area (Å²) in [6.07, 6.45) is 3.33. The van der Waals surface area contributed by atoms with E-state index in [9.17, 15) is 4.39 Å². The fraction of sp³-hybridized carbons (Fsp3) is 0.375. The molecule has 1 N–H and O–H groups in total. The van der Waals surface area contributed by atoms with Crippen LogP contribution in [0.1, 0.15) is 36.5 Å². The number of halogens is 2. The molecule has 1 unspecified atom stereocenters. The summed E-state index contributed by atoms with van der Waals surface area (Å²) < 4.78 is 14.8. The Kier molecular flexibility index (Phi) is 5.82. The molecule has 0 saturated carbocycles. The first-order valence-electron chi connectivity index (χ1n) is 7.07. The van der Waals surface area contributed by atoms with Crippen molar-refractivity contribution >= 4 is 15.9 Å². The molecule has 0 aliphatic heterocycles. The van der Waals surface area contributed by atoms with Gasteiger partial charge in [0.1, 0.15) is 11.6 Å². The standard InChI is InChI=1S/C16H19BrFN3/c1-3-7-20-16(15-6-8-19-11(2)21-15)9-12-4-5-13(17)10-14(12)18/h4-6,8,10,16,20H,3,7,9H2,1-2H3. The van der Waals surface area contributed by atoms with Crippen LogP contribution < -0.4 is 5.32 Å². The van der Waals surface area contributed by atoms with Crippen LogP contribution in [0.2, 0.25) is 0 Å². The van der Waals surface area contributed by atoms with E-state index < -0.39 is 0 Å².